The van der Waals surface area contributed by atoms with Crippen molar-refractivity contribution in [2.75, 3.05) is 0 Å². The molecule has 19 heavy (non-hydrogen) atoms. The summed E-state index contributed by atoms with van der Waals surface area (Å²) >= 11 is 0. The van der Waals surface area contributed by atoms with Gasteiger partial charge in [-0.25, -0.2) is 0 Å². The fourth-order valence-electron chi connectivity index (χ4n) is 3.59. The number of fused-ring (bicyclic) bond motifs is 2. The van der Waals surface area contributed by atoms with Crippen LogP contribution in [-0.2, 0) is 19.1 Å². The van der Waals surface area contributed by atoms with E-state index in [-0.39, 0.29) is 47.3 Å². The summed E-state index contributed by atoms with van der Waals surface area (Å²) in [5.41, 5.74) is -0.150. The molecule has 3 aliphatic rings. The molecule has 0 bridgehead atoms. The van der Waals surface area contributed by atoms with Crippen LogP contribution < -0.4 is 0 Å². The molecule has 3 fully saturated rings. The van der Waals surface area contributed by atoms with Crippen molar-refractivity contribution in [1.82, 2.24) is 0 Å². The minimum absolute atomic E-state index is 0.0443. The zero-order valence-electron chi connectivity index (χ0n) is 11.8. The van der Waals surface area contributed by atoms with Crippen LogP contribution in [-0.4, -0.2) is 29.6 Å². The van der Waals surface area contributed by atoms with Gasteiger partial charge in [0.1, 0.15) is 11.9 Å². The molecule has 2 heterocycles. The number of rotatable bonds is 0. The van der Waals surface area contributed by atoms with Gasteiger partial charge in [-0.3, -0.25) is 9.59 Å². The molecule has 0 unspecified atom stereocenters. The van der Waals surface area contributed by atoms with Crippen molar-refractivity contribution in [2.45, 2.75) is 64.3 Å². The predicted molar refractivity (Wildman–Crippen MR) is 68.5 cm³/mol. The van der Waals surface area contributed by atoms with Crippen LogP contribution in [0.3, 0.4) is 0 Å². The fourth-order valence-corrected chi connectivity index (χ4v) is 3.59. The zero-order chi connectivity index (χ0) is 13.8. The van der Waals surface area contributed by atoms with Crippen LogP contribution >= 0.6 is 0 Å². The summed E-state index contributed by atoms with van der Waals surface area (Å²) < 4.78 is 11.2. The third-order valence-corrected chi connectivity index (χ3v) is 5.29. The first-order valence-corrected chi connectivity index (χ1v) is 7.32. The Hall–Kier alpha value is -0.900. The summed E-state index contributed by atoms with van der Waals surface area (Å²) in [6.07, 6.45) is 3.06. The van der Waals surface area contributed by atoms with Gasteiger partial charge < -0.3 is 9.47 Å². The number of ether oxygens (including phenoxy) is 2. The molecule has 4 nitrogen and oxygen atoms in total. The van der Waals surface area contributed by atoms with E-state index >= 15 is 0 Å². The number of carbonyl (C=O) groups excluding carboxylic acids is 2. The van der Waals surface area contributed by atoms with Gasteiger partial charge in [-0.05, 0) is 26.2 Å². The van der Waals surface area contributed by atoms with Crippen LogP contribution in [0.1, 0.15) is 46.5 Å². The summed E-state index contributed by atoms with van der Waals surface area (Å²) in [6, 6.07) is 0. The molecule has 1 aliphatic carbocycles. The van der Waals surface area contributed by atoms with Crippen LogP contribution in [0.2, 0.25) is 0 Å². The topological polar surface area (TPSA) is 55.9 Å². The van der Waals surface area contributed by atoms with Gasteiger partial charge in [0.15, 0.2) is 0 Å². The quantitative estimate of drug-likeness (QED) is 0.497. The summed E-state index contributed by atoms with van der Waals surface area (Å²) in [4.78, 5) is 23.9. The molecule has 2 aliphatic heterocycles. The maximum atomic E-state index is 12.1. The molecule has 0 aromatic heterocycles. The minimum Gasteiger partial charge on any atom is -0.462 e. The highest BCUT2D eigenvalue weighted by Crippen LogP contribution is 2.47. The van der Waals surface area contributed by atoms with Crippen LogP contribution in [0.5, 0.6) is 0 Å². The molecule has 0 N–H and O–H groups in total. The van der Waals surface area contributed by atoms with Gasteiger partial charge in [0.25, 0.3) is 0 Å². The van der Waals surface area contributed by atoms with Crippen molar-refractivity contribution in [3.8, 4) is 0 Å². The van der Waals surface area contributed by atoms with Crippen molar-refractivity contribution in [3.05, 3.63) is 0 Å². The monoisotopic (exact) mass is 266 g/mol. The van der Waals surface area contributed by atoms with E-state index in [0.717, 1.165) is 12.8 Å². The van der Waals surface area contributed by atoms with Gasteiger partial charge in [0.05, 0.1) is 17.6 Å². The Balaban J connectivity index is 1.81. The average molecular weight is 266 g/mol. The normalized spacial score (nSPS) is 50.2. The van der Waals surface area contributed by atoms with Crippen molar-refractivity contribution in [1.29, 1.82) is 0 Å². The third kappa shape index (κ3) is 2.20. The second kappa shape index (κ2) is 4.30. The molecule has 0 aromatic carbocycles. The summed E-state index contributed by atoms with van der Waals surface area (Å²) in [5.74, 6) is 0.282. The molecule has 4 heteroatoms. The van der Waals surface area contributed by atoms with Crippen molar-refractivity contribution >= 4 is 11.8 Å². The standard InChI is InChI=1S/C15H22O4/c1-8-6-12-10(9(2)14(17)18-12)4-5-15(3)13(19-15)7-11(8)16/h8-10,12-13H,4-7H2,1-3H3/t8-,9-,10-,12+,13+,15+/m1/s1. The van der Waals surface area contributed by atoms with E-state index in [4.69, 9.17) is 9.47 Å². The Labute approximate surface area is 113 Å². The highest BCUT2D eigenvalue weighted by atomic mass is 16.6. The molecular weight excluding hydrogens is 244 g/mol. The second-order valence-electron chi connectivity index (χ2n) is 6.69. The summed E-state index contributed by atoms with van der Waals surface area (Å²) in [7, 11) is 0. The third-order valence-electron chi connectivity index (χ3n) is 5.29. The number of Topliss-reactive ketones (excluding diaryl/α,β-unsaturated/α-hetero) is 1. The predicted octanol–water partition coefficient (Wildman–Crippen LogP) is 2.10. The summed E-state index contributed by atoms with van der Waals surface area (Å²) in [6.45, 7) is 5.96. The van der Waals surface area contributed by atoms with Crippen molar-refractivity contribution < 1.29 is 19.1 Å². The van der Waals surface area contributed by atoms with Crippen LogP contribution in [0, 0.1) is 17.8 Å². The molecule has 3 rings (SSSR count). The van der Waals surface area contributed by atoms with Gasteiger partial charge in [0.2, 0.25) is 0 Å². The van der Waals surface area contributed by atoms with Gasteiger partial charge in [-0.2, -0.15) is 0 Å². The van der Waals surface area contributed by atoms with Crippen LogP contribution in [0.15, 0.2) is 0 Å². The number of esters is 1. The lowest BCUT2D eigenvalue weighted by atomic mass is 9.79. The van der Waals surface area contributed by atoms with E-state index in [0.29, 0.717) is 12.8 Å². The second-order valence-corrected chi connectivity index (χ2v) is 6.69. The number of hydrogen-bond donors (Lipinski definition) is 0. The first-order valence-electron chi connectivity index (χ1n) is 7.32. The minimum atomic E-state index is -0.150. The highest BCUT2D eigenvalue weighted by molar-refractivity contribution is 5.82. The van der Waals surface area contributed by atoms with E-state index < -0.39 is 0 Å². The van der Waals surface area contributed by atoms with Crippen LogP contribution in [0.25, 0.3) is 0 Å². The van der Waals surface area contributed by atoms with E-state index in [1.54, 1.807) is 0 Å². The number of epoxide rings is 1. The first-order chi connectivity index (χ1) is 8.90. The Morgan fingerprint density at radius 1 is 1.26 bits per heavy atom. The average Bonchev–Trinajstić information content (AvgIpc) is 2.89. The summed E-state index contributed by atoms with van der Waals surface area (Å²) in [5, 5.41) is 0. The van der Waals surface area contributed by atoms with E-state index in [1.807, 2.05) is 13.8 Å². The van der Waals surface area contributed by atoms with Gasteiger partial charge in [-0.15, -0.1) is 0 Å². The van der Waals surface area contributed by atoms with E-state index in [9.17, 15) is 9.59 Å². The van der Waals surface area contributed by atoms with Gasteiger partial charge in [-0.1, -0.05) is 13.8 Å². The Morgan fingerprint density at radius 2 is 2.00 bits per heavy atom. The maximum Gasteiger partial charge on any atom is 0.309 e. The van der Waals surface area contributed by atoms with Gasteiger partial charge >= 0.3 is 5.97 Å². The number of hydrogen-bond acceptors (Lipinski definition) is 4. The maximum absolute atomic E-state index is 12.1. The molecule has 2 saturated heterocycles. The molecule has 6 atom stereocenters. The van der Waals surface area contributed by atoms with E-state index in [1.165, 1.54) is 0 Å². The Bertz CT molecular complexity index is 418. The van der Waals surface area contributed by atoms with Crippen molar-refractivity contribution in [3.63, 3.8) is 0 Å². The lowest BCUT2D eigenvalue weighted by Crippen LogP contribution is -2.29. The Kier molecular flexibility index (Phi) is 2.97. The Morgan fingerprint density at radius 3 is 2.74 bits per heavy atom. The highest BCUT2D eigenvalue weighted by Gasteiger charge is 2.55. The number of carbonyl (C=O) groups is 2. The molecule has 0 aromatic rings. The molecular formula is C15H22O4. The molecule has 0 amide bonds. The fraction of sp³-hybridized carbons (Fsp3) is 0.867. The largest absolute Gasteiger partial charge is 0.462 e. The lowest BCUT2D eigenvalue weighted by Gasteiger charge is -2.24. The molecule has 1 saturated carbocycles. The molecule has 0 radical (unpaired) electrons. The van der Waals surface area contributed by atoms with Crippen LogP contribution in [0.4, 0.5) is 0 Å². The lowest BCUT2D eigenvalue weighted by molar-refractivity contribution is -0.145. The zero-order valence-corrected chi connectivity index (χ0v) is 11.8. The molecule has 106 valence electrons. The van der Waals surface area contributed by atoms with Crippen molar-refractivity contribution in [2.24, 2.45) is 17.8 Å². The number of ketones is 1. The smallest absolute Gasteiger partial charge is 0.309 e. The SMILES string of the molecule is C[C@@H]1C[C@@H]2OC(=O)[C@H](C)[C@H]2CC[C@]2(C)O[C@H]2CC1=O. The van der Waals surface area contributed by atoms with E-state index in [2.05, 4.69) is 6.92 Å². The van der Waals surface area contributed by atoms with Gasteiger partial charge in [0, 0.05) is 18.3 Å². The first kappa shape index (κ1) is 13.1. The molecule has 0 spiro atoms.